The van der Waals surface area contributed by atoms with Crippen molar-refractivity contribution in [3.05, 3.63) is 0 Å². The van der Waals surface area contributed by atoms with Gasteiger partial charge in [0.2, 0.25) is 10.0 Å². The van der Waals surface area contributed by atoms with Crippen LogP contribution < -0.4 is 5.32 Å². The quantitative estimate of drug-likeness (QED) is 0.773. The van der Waals surface area contributed by atoms with Gasteiger partial charge in [-0.2, -0.15) is 17.5 Å². The predicted molar refractivity (Wildman–Crippen MR) is 61.8 cm³/mol. The van der Waals surface area contributed by atoms with Crippen LogP contribution in [0.4, 0.5) is 13.2 Å². The summed E-state index contributed by atoms with van der Waals surface area (Å²) in [6.45, 7) is -0.143. The van der Waals surface area contributed by atoms with Gasteiger partial charge in [0.1, 0.15) is 6.04 Å². The zero-order valence-electron chi connectivity index (χ0n) is 10.4. The first-order valence-electron chi connectivity index (χ1n) is 5.55. The van der Waals surface area contributed by atoms with Crippen LogP contribution in [0.15, 0.2) is 0 Å². The van der Waals surface area contributed by atoms with Crippen LogP contribution in [-0.4, -0.2) is 75.9 Å². The predicted octanol–water partition coefficient (Wildman–Crippen LogP) is -0.286. The molecule has 0 saturated carbocycles. The molecule has 1 aliphatic heterocycles. The molecule has 0 radical (unpaired) electrons. The summed E-state index contributed by atoms with van der Waals surface area (Å²) in [6, 6.07) is -1.78. The highest BCUT2D eigenvalue weighted by atomic mass is 32.2. The number of nitrogens with one attached hydrogen (secondary N) is 1. The number of halogens is 3. The molecule has 0 bridgehead atoms. The first kappa shape index (κ1) is 15.7. The molecule has 0 aliphatic carbocycles. The Morgan fingerprint density at radius 1 is 1.39 bits per heavy atom. The van der Waals surface area contributed by atoms with Crippen molar-refractivity contribution in [1.29, 1.82) is 0 Å². The van der Waals surface area contributed by atoms with Crippen molar-refractivity contribution < 1.29 is 21.6 Å². The number of hydrogen-bond donors (Lipinski definition) is 1. The van der Waals surface area contributed by atoms with Gasteiger partial charge >= 0.3 is 6.18 Å². The zero-order valence-corrected chi connectivity index (χ0v) is 11.2. The number of sulfonamides is 1. The van der Waals surface area contributed by atoms with Gasteiger partial charge in [0, 0.05) is 26.2 Å². The second kappa shape index (κ2) is 5.72. The zero-order chi connectivity index (χ0) is 14.0. The molecule has 1 heterocycles. The lowest BCUT2D eigenvalue weighted by Gasteiger charge is -2.34. The van der Waals surface area contributed by atoms with Gasteiger partial charge in [-0.25, -0.2) is 8.42 Å². The average Bonchev–Trinajstić information content (AvgIpc) is 2.26. The minimum absolute atomic E-state index is 0.0192. The van der Waals surface area contributed by atoms with E-state index in [1.807, 2.05) is 0 Å². The lowest BCUT2D eigenvalue weighted by Crippen LogP contribution is -2.58. The van der Waals surface area contributed by atoms with Crippen molar-refractivity contribution in [2.75, 3.05) is 46.0 Å². The summed E-state index contributed by atoms with van der Waals surface area (Å²) in [5.74, 6) is -0.162. The Labute approximate surface area is 105 Å². The van der Waals surface area contributed by atoms with E-state index in [9.17, 15) is 21.6 Å². The topological polar surface area (TPSA) is 52.7 Å². The van der Waals surface area contributed by atoms with E-state index in [0.29, 0.717) is 6.54 Å². The normalized spacial score (nSPS) is 23.6. The van der Waals surface area contributed by atoms with Crippen molar-refractivity contribution in [1.82, 2.24) is 14.5 Å². The molecular formula is C9H18F3N3O2S. The molecule has 1 saturated heterocycles. The summed E-state index contributed by atoms with van der Waals surface area (Å²) < 4.78 is 62.2. The number of nitrogens with zero attached hydrogens (tertiary/aromatic N) is 2. The third-order valence-electron chi connectivity index (χ3n) is 2.72. The molecule has 1 atom stereocenters. The molecule has 18 heavy (non-hydrogen) atoms. The molecule has 0 aromatic heterocycles. The number of hydrogen-bond acceptors (Lipinski definition) is 4. The van der Waals surface area contributed by atoms with Crippen LogP contribution in [0, 0.1) is 0 Å². The van der Waals surface area contributed by atoms with Gasteiger partial charge in [0.15, 0.2) is 0 Å². The molecule has 0 amide bonds. The Bertz CT molecular complexity index is 370. The summed E-state index contributed by atoms with van der Waals surface area (Å²) in [5, 5.41) is 2.28. The Kier molecular flexibility index (Phi) is 4.98. The van der Waals surface area contributed by atoms with E-state index >= 15 is 0 Å². The molecule has 5 nitrogen and oxygen atoms in total. The lowest BCUT2D eigenvalue weighted by atomic mass is 10.2. The van der Waals surface area contributed by atoms with E-state index in [4.69, 9.17) is 0 Å². The van der Waals surface area contributed by atoms with Crippen LogP contribution in [-0.2, 0) is 10.0 Å². The summed E-state index contributed by atoms with van der Waals surface area (Å²) in [5.41, 5.74) is 0. The summed E-state index contributed by atoms with van der Waals surface area (Å²) in [6.07, 6.45) is -4.42. The van der Waals surface area contributed by atoms with Crippen LogP contribution in [0.2, 0.25) is 0 Å². The summed E-state index contributed by atoms with van der Waals surface area (Å²) in [7, 11) is -0.192. The lowest BCUT2D eigenvalue weighted by molar-refractivity contribution is -0.160. The van der Waals surface area contributed by atoms with Crippen LogP contribution in [0.25, 0.3) is 0 Å². The van der Waals surface area contributed by atoms with Gasteiger partial charge in [0.05, 0.1) is 5.75 Å². The highest BCUT2D eigenvalue weighted by Gasteiger charge is 2.44. The molecular weight excluding hydrogens is 271 g/mol. The first-order valence-corrected chi connectivity index (χ1v) is 7.16. The van der Waals surface area contributed by atoms with E-state index in [-0.39, 0.29) is 18.8 Å². The second-order valence-electron chi connectivity index (χ2n) is 4.53. The molecule has 108 valence electrons. The molecule has 9 heteroatoms. The average molecular weight is 289 g/mol. The van der Waals surface area contributed by atoms with Crippen molar-refractivity contribution in [3.8, 4) is 0 Å². The van der Waals surface area contributed by atoms with Gasteiger partial charge in [-0.3, -0.25) is 0 Å². The summed E-state index contributed by atoms with van der Waals surface area (Å²) in [4.78, 5) is 1.68. The van der Waals surface area contributed by atoms with Gasteiger partial charge in [-0.1, -0.05) is 0 Å². The Hall–Kier alpha value is -0.380. The minimum Gasteiger partial charge on any atom is -0.308 e. The fourth-order valence-electron chi connectivity index (χ4n) is 1.62. The highest BCUT2D eigenvalue weighted by molar-refractivity contribution is 7.89. The van der Waals surface area contributed by atoms with Gasteiger partial charge < -0.3 is 10.2 Å². The van der Waals surface area contributed by atoms with E-state index < -0.39 is 28.8 Å². The van der Waals surface area contributed by atoms with Crippen LogP contribution >= 0.6 is 0 Å². The minimum atomic E-state index is -4.42. The van der Waals surface area contributed by atoms with Gasteiger partial charge in [-0.15, -0.1) is 0 Å². The molecule has 1 rings (SSSR count). The second-order valence-corrected chi connectivity index (χ2v) is 6.61. The van der Waals surface area contributed by atoms with Crippen molar-refractivity contribution in [2.24, 2.45) is 0 Å². The fourth-order valence-corrected chi connectivity index (χ4v) is 3.22. The Morgan fingerprint density at radius 3 is 2.50 bits per heavy atom. The molecule has 0 spiro atoms. The maximum absolute atomic E-state index is 12.5. The Balaban J connectivity index is 2.66. The van der Waals surface area contributed by atoms with Crippen LogP contribution in [0.5, 0.6) is 0 Å². The van der Waals surface area contributed by atoms with E-state index in [0.717, 1.165) is 4.31 Å². The third kappa shape index (κ3) is 4.38. The molecule has 1 unspecified atom stereocenters. The highest BCUT2D eigenvalue weighted by Crippen LogP contribution is 2.23. The van der Waals surface area contributed by atoms with E-state index in [2.05, 4.69) is 5.32 Å². The van der Waals surface area contributed by atoms with Crippen molar-refractivity contribution in [3.63, 3.8) is 0 Å². The smallest absolute Gasteiger partial charge is 0.308 e. The van der Waals surface area contributed by atoms with Gasteiger partial charge in [-0.05, 0) is 14.1 Å². The SMILES string of the molecule is CN(C)CCS(=O)(=O)N1CCNC(C(F)(F)F)C1. The van der Waals surface area contributed by atoms with Crippen molar-refractivity contribution in [2.45, 2.75) is 12.2 Å². The van der Waals surface area contributed by atoms with Crippen LogP contribution in [0.1, 0.15) is 0 Å². The number of rotatable bonds is 4. The molecule has 0 aromatic carbocycles. The van der Waals surface area contributed by atoms with Crippen LogP contribution in [0.3, 0.4) is 0 Å². The Morgan fingerprint density at radius 2 is 2.00 bits per heavy atom. The molecule has 1 aliphatic rings. The summed E-state index contributed by atoms with van der Waals surface area (Å²) >= 11 is 0. The fraction of sp³-hybridized carbons (Fsp3) is 1.00. The number of piperazine rings is 1. The number of alkyl halides is 3. The maximum Gasteiger partial charge on any atom is 0.405 e. The van der Waals surface area contributed by atoms with E-state index in [1.54, 1.807) is 19.0 Å². The maximum atomic E-state index is 12.5. The van der Waals surface area contributed by atoms with E-state index in [1.165, 1.54) is 0 Å². The monoisotopic (exact) mass is 289 g/mol. The largest absolute Gasteiger partial charge is 0.405 e. The van der Waals surface area contributed by atoms with Gasteiger partial charge in [0.25, 0.3) is 0 Å². The molecule has 1 fully saturated rings. The third-order valence-corrected chi connectivity index (χ3v) is 4.54. The standard InChI is InChI=1S/C9H18F3N3O2S/c1-14(2)5-6-18(16,17)15-4-3-13-8(7-15)9(10,11)12/h8,13H,3-7H2,1-2H3. The van der Waals surface area contributed by atoms with Crippen molar-refractivity contribution >= 4 is 10.0 Å². The first-order chi connectivity index (χ1) is 8.13. The molecule has 1 N–H and O–H groups in total. The molecule has 0 aromatic rings.